The van der Waals surface area contributed by atoms with Crippen molar-refractivity contribution in [3.05, 3.63) is 27.8 Å². The number of anilines is 1. The SMILES string of the molecule is O=[N+]([O-])c1c(N2C[C@@H]3CCCN[C@@H]3C2)ccc2scnc12. The molecule has 6 nitrogen and oxygen atoms in total. The average Bonchev–Trinajstić information content (AvgIpc) is 3.11. The molecule has 0 amide bonds. The number of hydrogen-bond acceptors (Lipinski definition) is 6. The Balaban J connectivity index is 1.76. The molecule has 2 fully saturated rings. The van der Waals surface area contributed by atoms with E-state index in [1.165, 1.54) is 24.2 Å². The zero-order chi connectivity index (χ0) is 14.4. The molecule has 4 rings (SSSR count). The van der Waals surface area contributed by atoms with Gasteiger partial charge < -0.3 is 10.2 Å². The second kappa shape index (κ2) is 4.92. The highest BCUT2D eigenvalue weighted by atomic mass is 32.1. The van der Waals surface area contributed by atoms with E-state index < -0.39 is 0 Å². The topological polar surface area (TPSA) is 71.3 Å². The summed E-state index contributed by atoms with van der Waals surface area (Å²) in [5.74, 6) is 0.601. The zero-order valence-corrected chi connectivity index (χ0v) is 12.3. The maximum absolute atomic E-state index is 11.5. The van der Waals surface area contributed by atoms with Crippen molar-refractivity contribution in [2.45, 2.75) is 18.9 Å². The number of aromatic nitrogens is 1. The number of piperidine rings is 1. The first-order chi connectivity index (χ1) is 10.2. The van der Waals surface area contributed by atoms with Gasteiger partial charge in [0.05, 0.1) is 15.1 Å². The third kappa shape index (κ3) is 2.08. The van der Waals surface area contributed by atoms with Crippen molar-refractivity contribution in [2.24, 2.45) is 5.92 Å². The lowest BCUT2D eigenvalue weighted by Gasteiger charge is -2.24. The lowest BCUT2D eigenvalue weighted by atomic mass is 9.94. The number of fused-ring (bicyclic) bond motifs is 2. The molecule has 7 heteroatoms. The van der Waals surface area contributed by atoms with E-state index in [0.717, 1.165) is 30.0 Å². The maximum atomic E-state index is 11.5. The number of nitrogens with zero attached hydrogens (tertiary/aromatic N) is 3. The van der Waals surface area contributed by atoms with Crippen molar-refractivity contribution in [1.29, 1.82) is 0 Å². The summed E-state index contributed by atoms with van der Waals surface area (Å²) in [5, 5.41) is 15.1. The Hall–Kier alpha value is -1.73. The summed E-state index contributed by atoms with van der Waals surface area (Å²) in [6.45, 7) is 2.80. The van der Waals surface area contributed by atoms with Gasteiger partial charge in [-0.05, 0) is 37.4 Å². The number of thiazole rings is 1. The summed E-state index contributed by atoms with van der Waals surface area (Å²) in [6, 6.07) is 4.30. The second-order valence-corrected chi connectivity index (χ2v) is 6.64. The fraction of sp³-hybridized carbons (Fsp3) is 0.500. The van der Waals surface area contributed by atoms with Crippen LogP contribution in [-0.2, 0) is 0 Å². The van der Waals surface area contributed by atoms with Crippen LogP contribution in [0.15, 0.2) is 17.6 Å². The molecule has 2 saturated heterocycles. The fourth-order valence-corrected chi connectivity index (χ4v) is 4.26. The van der Waals surface area contributed by atoms with E-state index in [-0.39, 0.29) is 10.6 Å². The van der Waals surface area contributed by atoms with Crippen LogP contribution in [0.4, 0.5) is 11.4 Å². The number of hydrogen-bond donors (Lipinski definition) is 1. The van der Waals surface area contributed by atoms with Gasteiger partial charge in [0.2, 0.25) is 0 Å². The van der Waals surface area contributed by atoms with E-state index in [4.69, 9.17) is 0 Å². The Kier molecular flexibility index (Phi) is 3.04. The highest BCUT2D eigenvalue weighted by molar-refractivity contribution is 7.16. The monoisotopic (exact) mass is 304 g/mol. The van der Waals surface area contributed by atoms with Crippen molar-refractivity contribution in [1.82, 2.24) is 10.3 Å². The predicted octanol–water partition coefficient (Wildman–Crippen LogP) is 2.39. The molecule has 0 aliphatic carbocycles. The van der Waals surface area contributed by atoms with Crippen molar-refractivity contribution in [3.8, 4) is 0 Å². The third-order valence-electron chi connectivity index (χ3n) is 4.58. The van der Waals surface area contributed by atoms with Crippen LogP contribution in [0.2, 0.25) is 0 Å². The van der Waals surface area contributed by atoms with E-state index in [1.54, 1.807) is 5.51 Å². The van der Waals surface area contributed by atoms with Crippen molar-refractivity contribution < 1.29 is 4.92 Å². The van der Waals surface area contributed by atoms with Gasteiger partial charge in [0, 0.05) is 19.1 Å². The first kappa shape index (κ1) is 13.0. The van der Waals surface area contributed by atoms with Crippen LogP contribution in [0.5, 0.6) is 0 Å². The minimum Gasteiger partial charge on any atom is -0.364 e. The Morgan fingerprint density at radius 2 is 2.33 bits per heavy atom. The van der Waals surface area contributed by atoms with Crippen molar-refractivity contribution in [2.75, 3.05) is 24.5 Å². The molecule has 0 bridgehead atoms. The van der Waals surface area contributed by atoms with Crippen LogP contribution in [0.3, 0.4) is 0 Å². The molecule has 21 heavy (non-hydrogen) atoms. The molecule has 2 aliphatic heterocycles. The molecule has 0 spiro atoms. The fourth-order valence-electron chi connectivity index (χ4n) is 3.58. The summed E-state index contributed by atoms with van der Waals surface area (Å²) in [5.41, 5.74) is 3.07. The van der Waals surface area contributed by atoms with Gasteiger partial charge in [-0.1, -0.05) is 0 Å². The number of rotatable bonds is 2. The van der Waals surface area contributed by atoms with Gasteiger partial charge in [-0.25, -0.2) is 4.98 Å². The zero-order valence-electron chi connectivity index (χ0n) is 11.5. The molecule has 0 saturated carbocycles. The largest absolute Gasteiger partial charge is 0.364 e. The standard InChI is InChI=1S/C14H16N4O2S/c19-18(20)14-11(3-4-12-13(14)16-8-21-12)17-6-9-2-1-5-15-10(9)7-17/h3-4,8-10,15H,1-2,5-7H2/t9-,10+/m0/s1. The Labute approximate surface area is 125 Å². The molecule has 3 heterocycles. The van der Waals surface area contributed by atoms with Gasteiger partial charge in [-0.2, -0.15) is 0 Å². The molecule has 0 radical (unpaired) electrons. The predicted molar refractivity (Wildman–Crippen MR) is 83.0 cm³/mol. The number of benzene rings is 1. The lowest BCUT2D eigenvalue weighted by molar-refractivity contribution is -0.382. The summed E-state index contributed by atoms with van der Waals surface area (Å²) >= 11 is 1.44. The summed E-state index contributed by atoms with van der Waals surface area (Å²) in [7, 11) is 0. The summed E-state index contributed by atoms with van der Waals surface area (Å²) in [4.78, 5) is 17.6. The highest BCUT2D eigenvalue weighted by Gasteiger charge is 2.37. The van der Waals surface area contributed by atoms with Crippen LogP contribution in [0, 0.1) is 16.0 Å². The molecule has 0 unspecified atom stereocenters. The Bertz CT molecular complexity index is 687. The third-order valence-corrected chi connectivity index (χ3v) is 5.37. The Morgan fingerprint density at radius 3 is 3.14 bits per heavy atom. The smallest absolute Gasteiger partial charge is 0.319 e. The minimum absolute atomic E-state index is 0.160. The average molecular weight is 304 g/mol. The summed E-state index contributed by atoms with van der Waals surface area (Å²) in [6.07, 6.45) is 2.41. The van der Waals surface area contributed by atoms with E-state index in [9.17, 15) is 10.1 Å². The normalized spacial score (nSPS) is 25.2. The second-order valence-electron chi connectivity index (χ2n) is 5.76. The first-order valence-electron chi connectivity index (χ1n) is 7.23. The first-order valence-corrected chi connectivity index (χ1v) is 8.11. The van der Waals surface area contributed by atoms with Gasteiger partial charge in [0.15, 0.2) is 5.52 Å². The van der Waals surface area contributed by atoms with Gasteiger partial charge in [0.1, 0.15) is 5.69 Å². The molecular formula is C14H16N4O2S. The molecule has 2 aromatic rings. The molecule has 2 atom stereocenters. The lowest BCUT2D eigenvalue weighted by Crippen LogP contribution is -2.40. The van der Waals surface area contributed by atoms with Gasteiger partial charge in [0.25, 0.3) is 0 Å². The molecular weight excluding hydrogens is 288 g/mol. The molecule has 1 aromatic heterocycles. The van der Waals surface area contributed by atoms with Gasteiger partial charge in [-0.3, -0.25) is 10.1 Å². The van der Waals surface area contributed by atoms with E-state index in [1.807, 2.05) is 12.1 Å². The maximum Gasteiger partial charge on any atom is 0.319 e. The number of nitro groups is 1. The van der Waals surface area contributed by atoms with Crippen molar-refractivity contribution >= 4 is 32.9 Å². The van der Waals surface area contributed by atoms with Crippen LogP contribution < -0.4 is 10.2 Å². The van der Waals surface area contributed by atoms with Crippen LogP contribution in [-0.4, -0.2) is 35.6 Å². The van der Waals surface area contributed by atoms with Crippen LogP contribution in [0.1, 0.15) is 12.8 Å². The number of nitrogens with one attached hydrogen (secondary N) is 1. The van der Waals surface area contributed by atoms with Crippen LogP contribution in [0.25, 0.3) is 10.2 Å². The van der Waals surface area contributed by atoms with Gasteiger partial charge >= 0.3 is 5.69 Å². The highest BCUT2D eigenvalue weighted by Crippen LogP contribution is 2.39. The van der Waals surface area contributed by atoms with Crippen LogP contribution >= 0.6 is 11.3 Å². The molecule has 1 N–H and O–H groups in total. The molecule has 110 valence electrons. The quantitative estimate of drug-likeness (QED) is 0.681. The van der Waals surface area contributed by atoms with E-state index in [2.05, 4.69) is 15.2 Å². The minimum atomic E-state index is -0.285. The van der Waals surface area contributed by atoms with Crippen molar-refractivity contribution in [3.63, 3.8) is 0 Å². The van der Waals surface area contributed by atoms with E-state index in [0.29, 0.717) is 17.5 Å². The summed E-state index contributed by atoms with van der Waals surface area (Å²) < 4.78 is 0.875. The Morgan fingerprint density at radius 1 is 1.43 bits per heavy atom. The van der Waals surface area contributed by atoms with Gasteiger partial charge in [-0.15, -0.1) is 11.3 Å². The number of nitro benzene ring substituents is 1. The molecule has 1 aromatic carbocycles. The van der Waals surface area contributed by atoms with E-state index >= 15 is 0 Å². The molecule has 2 aliphatic rings.